The molecule has 0 aromatic rings. The van der Waals surface area contributed by atoms with E-state index in [0.29, 0.717) is 25.6 Å². The van der Waals surface area contributed by atoms with Crippen LogP contribution in [0.3, 0.4) is 0 Å². The van der Waals surface area contributed by atoms with Gasteiger partial charge in [0.1, 0.15) is 0 Å². The van der Waals surface area contributed by atoms with E-state index >= 15 is 0 Å². The van der Waals surface area contributed by atoms with Gasteiger partial charge in [0, 0.05) is 18.6 Å². The van der Waals surface area contributed by atoms with Crippen LogP contribution in [-0.2, 0) is 14.6 Å². The topological polar surface area (TPSA) is 57.7 Å². The third-order valence-electron chi connectivity index (χ3n) is 4.87. The first kappa shape index (κ1) is 16.7. The zero-order chi connectivity index (χ0) is 15.5. The summed E-state index contributed by atoms with van der Waals surface area (Å²) in [6.45, 7) is 6.16. The lowest BCUT2D eigenvalue weighted by Gasteiger charge is -2.37. The number of amides is 1. The van der Waals surface area contributed by atoms with E-state index in [1.54, 1.807) is 4.90 Å². The molecule has 0 aromatic carbocycles. The first-order chi connectivity index (χ1) is 9.96. The van der Waals surface area contributed by atoms with Crippen LogP contribution in [0.5, 0.6) is 0 Å². The molecule has 2 rings (SSSR count). The van der Waals surface area contributed by atoms with Gasteiger partial charge in [0.05, 0.1) is 18.1 Å². The van der Waals surface area contributed by atoms with Crippen molar-refractivity contribution in [3.63, 3.8) is 0 Å². The van der Waals surface area contributed by atoms with E-state index in [9.17, 15) is 13.2 Å². The largest absolute Gasteiger partial charge is 0.338 e. The van der Waals surface area contributed by atoms with Crippen LogP contribution in [0.2, 0.25) is 0 Å². The molecule has 0 aromatic heterocycles. The molecule has 0 radical (unpaired) electrons. The maximum absolute atomic E-state index is 12.6. The summed E-state index contributed by atoms with van der Waals surface area (Å²) in [6, 6.07) is 0.395. The number of carbonyl (C=O) groups excluding carboxylic acids is 1. The number of nitrogens with zero attached hydrogens (tertiary/aromatic N) is 2. The third-order valence-corrected chi connectivity index (χ3v) is 6.62. The van der Waals surface area contributed by atoms with Crippen molar-refractivity contribution in [1.29, 1.82) is 0 Å². The van der Waals surface area contributed by atoms with Crippen molar-refractivity contribution >= 4 is 15.7 Å². The zero-order valence-corrected chi connectivity index (χ0v) is 14.1. The summed E-state index contributed by atoms with van der Waals surface area (Å²) in [5, 5.41) is 0. The van der Waals surface area contributed by atoms with Gasteiger partial charge in [-0.25, -0.2) is 8.42 Å². The fourth-order valence-electron chi connectivity index (χ4n) is 3.65. The predicted molar refractivity (Wildman–Crippen MR) is 83.9 cm³/mol. The molecule has 0 saturated carbocycles. The van der Waals surface area contributed by atoms with Crippen LogP contribution in [0, 0.1) is 0 Å². The van der Waals surface area contributed by atoms with Gasteiger partial charge in [-0.05, 0) is 39.2 Å². The molecule has 122 valence electrons. The lowest BCUT2D eigenvalue weighted by Crippen LogP contribution is -2.49. The molecule has 0 spiro atoms. The molecule has 0 aliphatic carbocycles. The van der Waals surface area contributed by atoms with Crippen LogP contribution < -0.4 is 0 Å². The number of hydrogen-bond acceptors (Lipinski definition) is 4. The Hall–Kier alpha value is -0.620. The molecule has 2 atom stereocenters. The second kappa shape index (κ2) is 7.09. The van der Waals surface area contributed by atoms with E-state index in [1.165, 1.54) is 12.8 Å². The third kappa shape index (κ3) is 4.19. The highest BCUT2D eigenvalue weighted by Crippen LogP contribution is 2.21. The van der Waals surface area contributed by atoms with Crippen molar-refractivity contribution in [3.05, 3.63) is 0 Å². The molecule has 0 N–H and O–H groups in total. The van der Waals surface area contributed by atoms with E-state index in [4.69, 9.17) is 0 Å². The Balaban J connectivity index is 1.97. The monoisotopic (exact) mass is 316 g/mol. The second-order valence-electron chi connectivity index (χ2n) is 6.26. The van der Waals surface area contributed by atoms with Crippen LogP contribution in [0.15, 0.2) is 0 Å². The first-order valence-corrected chi connectivity index (χ1v) is 10.0. The molecule has 2 unspecified atom stereocenters. The summed E-state index contributed by atoms with van der Waals surface area (Å²) in [5.41, 5.74) is 0. The molecular weight excluding hydrogens is 288 g/mol. The number of hydrogen-bond donors (Lipinski definition) is 0. The molecule has 2 fully saturated rings. The minimum absolute atomic E-state index is 0.0972. The van der Waals surface area contributed by atoms with E-state index in [2.05, 4.69) is 11.8 Å². The number of sulfone groups is 1. The van der Waals surface area contributed by atoms with E-state index in [1.807, 2.05) is 6.92 Å². The van der Waals surface area contributed by atoms with Crippen LogP contribution in [0.1, 0.15) is 46.0 Å². The van der Waals surface area contributed by atoms with Gasteiger partial charge in [0.25, 0.3) is 0 Å². The fraction of sp³-hybridized carbons (Fsp3) is 0.933. The number of rotatable bonds is 5. The van der Waals surface area contributed by atoms with Crippen molar-refractivity contribution in [3.8, 4) is 0 Å². The van der Waals surface area contributed by atoms with Gasteiger partial charge in [-0.15, -0.1) is 0 Å². The average molecular weight is 316 g/mol. The summed E-state index contributed by atoms with van der Waals surface area (Å²) < 4.78 is 23.2. The molecule has 0 bridgehead atoms. The fourth-order valence-corrected chi connectivity index (χ4v) is 5.39. The van der Waals surface area contributed by atoms with E-state index in [-0.39, 0.29) is 23.5 Å². The van der Waals surface area contributed by atoms with Gasteiger partial charge < -0.3 is 4.90 Å². The van der Waals surface area contributed by atoms with Gasteiger partial charge >= 0.3 is 0 Å². The first-order valence-electron chi connectivity index (χ1n) is 8.20. The summed E-state index contributed by atoms with van der Waals surface area (Å²) in [5.74, 6) is 0.465. The lowest BCUT2D eigenvalue weighted by molar-refractivity contribution is -0.135. The van der Waals surface area contributed by atoms with Gasteiger partial charge in [-0.3, -0.25) is 9.69 Å². The van der Waals surface area contributed by atoms with Gasteiger partial charge in [-0.1, -0.05) is 13.3 Å². The maximum Gasteiger partial charge on any atom is 0.237 e. The number of likely N-dealkylation sites (tertiary alicyclic amines) is 1. The van der Waals surface area contributed by atoms with Gasteiger partial charge in [-0.2, -0.15) is 0 Å². The normalized spacial score (nSPS) is 29.4. The molecule has 21 heavy (non-hydrogen) atoms. The highest BCUT2D eigenvalue weighted by atomic mass is 32.2. The van der Waals surface area contributed by atoms with Crippen LogP contribution in [0.4, 0.5) is 0 Å². The second-order valence-corrected chi connectivity index (χ2v) is 8.49. The van der Waals surface area contributed by atoms with Crippen LogP contribution >= 0.6 is 0 Å². The summed E-state index contributed by atoms with van der Waals surface area (Å²) in [4.78, 5) is 16.7. The van der Waals surface area contributed by atoms with Crippen molar-refractivity contribution in [2.24, 2.45) is 0 Å². The smallest absolute Gasteiger partial charge is 0.237 e. The van der Waals surface area contributed by atoms with Crippen molar-refractivity contribution in [2.45, 2.75) is 58.0 Å². The highest BCUT2D eigenvalue weighted by Gasteiger charge is 2.34. The molecule has 2 aliphatic heterocycles. The van der Waals surface area contributed by atoms with Gasteiger partial charge in [0.2, 0.25) is 5.91 Å². The number of piperidine rings is 1. The predicted octanol–water partition coefficient (Wildman–Crippen LogP) is 1.29. The quantitative estimate of drug-likeness (QED) is 0.767. The number of likely N-dealkylation sites (N-methyl/N-ethyl adjacent to an activating group) is 1. The van der Waals surface area contributed by atoms with Crippen molar-refractivity contribution in [1.82, 2.24) is 9.80 Å². The summed E-state index contributed by atoms with van der Waals surface area (Å²) in [6.07, 6.45) is 5.26. The Morgan fingerprint density at radius 3 is 2.57 bits per heavy atom. The zero-order valence-electron chi connectivity index (χ0n) is 13.3. The van der Waals surface area contributed by atoms with E-state index < -0.39 is 9.84 Å². The maximum atomic E-state index is 12.6. The van der Waals surface area contributed by atoms with Crippen LogP contribution in [0.25, 0.3) is 0 Å². The Bertz CT molecular complexity index is 464. The Labute approximate surface area is 128 Å². The summed E-state index contributed by atoms with van der Waals surface area (Å²) in [7, 11) is -2.94. The lowest BCUT2D eigenvalue weighted by atomic mass is 10.00. The number of carbonyl (C=O) groups is 1. The average Bonchev–Trinajstić information content (AvgIpc) is 2.80. The standard InChI is InChI=1S/C15H28N2O3S/c1-3-13-7-5-6-9-16(13)11-15(18)17(4-2)14-8-10-21(19,20)12-14/h13-14H,3-12H2,1-2H3. The molecule has 1 amide bonds. The van der Waals surface area contributed by atoms with E-state index in [0.717, 1.165) is 19.4 Å². The Morgan fingerprint density at radius 2 is 2.00 bits per heavy atom. The highest BCUT2D eigenvalue weighted by molar-refractivity contribution is 7.91. The molecule has 2 saturated heterocycles. The SMILES string of the molecule is CCC1CCCCN1CC(=O)N(CC)C1CCS(=O)(=O)C1. The molecular formula is C15H28N2O3S. The van der Waals surface area contributed by atoms with Gasteiger partial charge in [0.15, 0.2) is 9.84 Å². The van der Waals surface area contributed by atoms with Crippen molar-refractivity contribution < 1.29 is 13.2 Å². The molecule has 2 heterocycles. The van der Waals surface area contributed by atoms with Crippen LogP contribution in [-0.4, -0.2) is 67.3 Å². The Morgan fingerprint density at radius 1 is 1.24 bits per heavy atom. The summed E-state index contributed by atoms with van der Waals surface area (Å²) >= 11 is 0. The molecule has 6 heteroatoms. The molecule has 2 aliphatic rings. The molecule has 5 nitrogen and oxygen atoms in total. The van der Waals surface area contributed by atoms with Crippen molar-refractivity contribution in [2.75, 3.05) is 31.1 Å². The Kier molecular flexibility index (Phi) is 5.66. The minimum atomic E-state index is -2.94. The minimum Gasteiger partial charge on any atom is -0.338 e.